The molecule has 1 aliphatic heterocycles. The van der Waals surface area contributed by atoms with Crippen molar-refractivity contribution in [3.8, 4) is 5.75 Å². The van der Waals surface area contributed by atoms with Gasteiger partial charge in [0, 0.05) is 0 Å². The second kappa shape index (κ2) is 5.22. The summed E-state index contributed by atoms with van der Waals surface area (Å²) in [6.07, 6.45) is -4.74. The molecule has 1 atom stereocenters. The third kappa shape index (κ3) is 3.34. The van der Waals surface area contributed by atoms with Crippen LogP contribution in [0.1, 0.15) is 0 Å². The van der Waals surface area contributed by atoms with Gasteiger partial charge in [-0.15, -0.1) is 13.2 Å². The van der Waals surface area contributed by atoms with Gasteiger partial charge < -0.3 is 4.74 Å². The molecule has 1 heterocycles. The van der Waals surface area contributed by atoms with Crippen molar-refractivity contribution in [3.63, 3.8) is 0 Å². The number of rotatable bonds is 2. The van der Waals surface area contributed by atoms with E-state index in [9.17, 15) is 17.4 Å². The summed E-state index contributed by atoms with van der Waals surface area (Å²) >= 11 is 11.5. The molecule has 1 unspecified atom stereocenters. The van der Waals surface area contributed by atoms with Crippen LogP contribution in [0, 0.1) is 0 Å². The Morgan fingerprint density at radius 3 is 2.21 bits per heavy atom. The zero-order valence-electron chi connectivity index (χ0n) is 9.08. The van der Waals surface area contributed by atoms with Crippen LogP contribution in [-0.2, 0) is 11.0 Å². The number of nitrogens with zero attached hydrogens (tertiary/aromatic N) is 1. The fourth-order valence-corrected chi connectivity index (χ4v) is 3.14. The Morgan fingerprint density at radius 2 is 1.79 bits per heavy atom. The standard InChI is InChI=1S/C10H6Cl2F3NO2S/c11-8-5-16(19(17)9(8)12)6-1-3-7(4-2-6)18-10(13,14)15/h1-4H,5H2. The lowest BCUT2D eigenvalue weighted by Crippen LogP contribution is -2.21. The minimum absolute atomic E-state index is 0.0253. The van der Waals surface area contributed by atoms with E-state index in [4.69, 9.17) is 23.2 Å². The summed E-state index contributed by atoms with van der Waals surface area (Å²) in [5.41, 5.74) is 0.432. The van der Waals surface area contributed by atoms with E-state index in [1.54, 1.807) is 0 Å². The lowest BCUT2D eigenvalue weighted by Gasteiger charge is -2.17. The third-order valence-electron chi connectivity index (χ3n) is 2.21. The molecule has 0 saturated heterocycles. The predicted molar refractivity (Wildman–Crippen MR) is 67.3 cm³/mol. The maximum atomic E-state index is 12.0. The van der Waals surface area contributed by atoms with Crippen molar-refractivity contribution >= 4 is 39.9 Å². The number of halogens is 5. The molecule has 1 aromatic rings. The van der Waals surface area contributed by atoms with E-state index >= 15 is 0 Å². The summed E-state index contributed by atoms with van der Waals surface area (Å²) in [7, 11) is -1.63. The maximum Gasteiger partial charge on any atom is 0.573 e. The maximum absolute atomic E-state index is 12.0. The monoisotopic (exact) mass is 331 g/mol. The highest BCUT2D eigenvalue weighted by molar-refractivity contribution is 7.92. The number of anilines is 1. The lowest BCUT2D eigenvalue weighted by atomic mass is 10.3. The van der Waals surface area contributed by atoms with Gasteiger partial charge in [0.25, 0.3) is 0 Å². The number of hydrogen-bond donors (Lipinski definition) is 0. The van der Waals surface area contributed by atoms with Gasteiger partial charge in [-0.2, -0.15) is 0 Å². The normalized spacial score (nSPS) is 20.1. The zero-order valence-corrected chi connectivity index (χ0v) is 11.4. The second-order valence-corrected chi connectivity index (χ2v) is 5.91. The first-order chi connectivity index (χ1) is 8.78. The molecular formula is C10H6Cl2F3NO2S. The fourth-order valence-electron chi connectivity index (χ4n) is 1.44. The smallest absolute Gasteiger partial charge is 0.406 e. The van der Waals surface area contributed by atoms with E-state index in [0.717, 1.165) is 12.1 Å². The Kier molecular flexibility index (Phi) is 3.98. The Balaban J connectivity index is 2.15. The van der Waals surface area contributed by atoms with Gasteiger partial charge in [-0.3, -0.25) is 4.31 Å². The average Bonchev–Trinajstić information content (AvgIpc) is 2.56. The molecule has 104 valence electrons. The van der Waals surface area contributed by atoms with Gasteiger partial charge in [-0.25, -0.2) is 4.21 Å². The van der Waals surface area contributed by atoms with Crippen LogP contribution in [0.25, 0.3) is 0 Å². The average molecular weight is 332 g/mol. The highest BCUT2D eigenvalue weighted by Crippen LogP contribution is 2.34. The Hall–Kier alpha value is -0.920. The van der Waals surface area contributed by atoms with Crippen LogP contribution >= 0.6 is 23.2 Å². The SMILES string of the molecule is O=S1C(Cl)=C(Cl)CN1c1ccc(OC(F)(F)F)cc1. The van der Waals surface area contributed by atoms with E-state index in [0.29, 0.717) is 5.69 Å². The third-order valence-corrected chi connectivity index (χ3v) is 4.64. The van der Waals surface area contributed by atoms with Gasteiger partial charge in [0.05, 0.1) is 17.3 Å². The van der Waals surface area contributed by atoms with E-state index in [1.807, 2.05) is 0 Å². The zero-order chi connectivity index (χ0) is 14.2. The first kappa shape index (κ1) is 14.5. The first-order valence-corrected chi connectivity index (χ1v) is 6.73. The Bertz CT molecular complexity index is 545. The van der Waals surface area contributed by atoms with Crippen molar-refractivity contribution in [2.75, 3.05) is 10.8 Å². The summed E-state index contributed by atoms with van der Waals surface area (Å²) in [4.78, 5) is 0. The molecule has 9 heteroatoms. The summed E-state index contributed by atoms with van der Waals surface area (Å²) in [6.45, 7) is 0.145. The van der Waals surface area contributed by atoms with Crippen molar-refractivity contribution in [2.24, 2.45) is 0 Å². The van der Waals surface area contributed by atoms with Gasteiger partial charge in [0.2, 0.25) is 0 Å². The van der Waals surface area contributed by atoms with Crippen LogP contribution in [-0.4, -0.2) is 17.1 Å². The van der Waals surface area contributed by atoms with Crippen molar-refractivity contribution in [1.82, 2.24) is 0 Å². The summed E-state index contributed by atoms with van der Waals surface area (Å²) in [5, 5.41) is 0.246. The Morgan fingerprint density at radius 1 is 1.21 bits per heavy atom. The van der Waals surface area contributed by atoms with Gasteiger partial charge in [0.1, 0.15) is 10.1 Å². The minimum Gasteiger partial charge on any atom is -0.406 e. The van der Waals surface area contributed by atoms with Gasteiger partial charge in [-0.05, 0) is 24.3 Å². The van der Waals surface area contributed by atoms with E-state index in [-0.39, 0.29) is 21.7 Å². The molecule has 0 amide bonds. The van der Waals surface area contributed by atoms with Crippen molar-refractivity contribution in [2.45, 2.75) is 6.36 Å². The molecule has 0 bridgehead atoms. The molecule has 0 radical (unpaired) electrons. The number of ether oxygens (including phenoxy) is 1. The van der Waals surface area contributed by atoms with E-state index in [1.165, 1.54) is 16.4 Å². The predicted octanol–water partition coefficient (Wildman–Crippen LogP) is 3.72. The molecule has 2 rings (SSSR count). The number of alkyl halides is 3. The number of benzene rings is 1. The summed E-state index contributed by atoms with van der Waals surface area (Å²) in [5.74, 6) is -0.355. The van der Waals surface area contributed by atoms with Crippen molar-refractivity contribution < 1.29 is 22.1 Å². The lowest BCUT2D eigenvalue weighted by molar-refractivity contribution is -0.274. The Labute approximate surface area is 119 Å². The first-order valence-electron chi connectivity index (χ1n) is 4.87. The fraction of sp³-hybridized carbons (Fsp3) is 0.200. The quantitative estimate of drug-likeness (QED) is 0.826. The summed E-state index contributed by atoms with van der Waals surface area (Å²) in [6, 6.07) is 4.94. The van der Waals surface area contributed by atoms with Crippen LogP contribution in [0.2, 0.25) is 0 Å². The topological polar surface area (TPSA) is 29.5 Å². The molecule has 0 N–H and O–H groups in total. The molecule has 0 saturated carbocycles. The van der Waals surface area contributed by atoms with Crippen LogP contribution in [0.3, 0.4) is 0 Å². The van der Waals surface area contributed by atoms with Gasteiger partial charge in [-0.1, -0.05) is 23.2 Å². The highest BCUT2D eigenvalue weighted by atomic mass is 35.5. The molecule has 0 spiro atoms. The number of hydrogen-bond acceptors (Lipinski definition) is 2. The molecule has 19 heavy (non-hydrogen) atoms. The van der Waals surface area contributed by atoms with Crippen molar-refractivity contribution in [3.05, 3.63) is 33.7 Å². The van der Waals surface area contributed by atoms with Crippen LogP contribution < -0.4 is 9.04 Å². The van der Waals surface area contributed by atoms with Gasteiger partial charge in [0.15, 0.2) is 11.0 Å². The van der Waals surface area contributed by atoms with E-state index in [2.05, 4.69) is 4.74 Å². The van der Waals surface area contributed by atoms with Crippen molar-refractivity contribution in [1.29, 1.82) is 0 Å². The largest absolute Gasteiger partial charge is 0.573 e. The van der Waals surface area contributed by atoms with E-state index < -0.39 is 17.3 Å². The molecule has 0 aliphatic carbocycles. The molecule has 3 nitrogen and oxygen atoms in total. The molecule has 1 aromatic carbocycles. The van der Waals surface area contributed by atoms with Crippen LogP contribution in [0.5, 0.6) is 5.75 Å². The van der Waals surface area contributed by atoms with Crippen LogP contribution in [0.15, 0.2) is 33.7 Å². The second-order valence-electron chi connectivity index (χ2n) is 3.51. The highest BCUT2D eigenvalue weighted by Gasteiger charge is 2.31. The molecule has 0 aromatic heterocycles. The molecular weight excluding hydrogens is 326 g/mol. The minimum atomic E-state index is -4.74. The summed E-state index contributed by atoms with van der Waals surface area (Å²) < 4.78 is 52.9. The van der Waals surface area contributed by atoms with Crippen LogP contribution in [0.4, 0.5) is 18.9 Å². The molecule has 1 aliphatic rings. The van der Waals surface area contributed by atoms with Gasteiger partial charge >= 0.3 is 6.36 Å². The molecule has 0 fully saturated rings.